The highest BCUT2D eigenvalue weighted by molar-refractivity contribution is 6.22. The third-order valence-electron chi connectivity index (χ3n) is 7.69. The zero-order valence-corrected chi connectivity index (χ0v) is 27.9. The Morgan fingerprint density at radius 1 is 0.640 bits per heavy atom. The minimum atomic E-state index is -8.64. The molecule has 1 rings (SSSR count). The average molecular weight is 784 g/mol. The molecule has 0 saturated carbocycles. The first-order chi connectivity index (χ1) is 22.0. The van der Waals surface area contributed by atoms with E-state index in [2.05, 4.69) is 11.6 Å². The van der Waals surface area contributed by atoms with Crippen LogP contribution in [-0.4, -0.2) is 70.5 Å². The molecule has 50 heavy (non-hydrogen) atoms. The number of carbonyl (C=O) groups excluding carboxylic acids is 1. The van der Waals surface area contributed by atoms with Crippen molar-refractivity contribution in [2.45, 2.75) is 132 Å². The van der Waals surface area contributed by atoms with Gasteiger partial charge < -0.3 is 14.8 Å². The van der Waals surface area contributed by atoms with Gasteiger partial charge in [-0.3, -0.25) is 4.79 Å². The average Bonchev–Trinajstić information content (AvgIpc) is 2.96. The van der Waals surface area contributed by atoms with E-state index >= 15 is 0 Å². The molecule has 0 bridgehead atoms. The number of ether oxygens (including phenoxy) is 2. The minimum Gasteiger partial charge on any atom is -0.488 e. The van der Waals surface area contributed by atoms with Crippen molar-refractivity contribution in [3.8, 4) is 11.5 Å². The maximum atomic E-state index is 14.2. The van der Waals surface area contributed by atoms with Crippen LogP contribution in [-0.2, 0) is 11.2 Å². The van der Waals surface area contributed by atoms with Crippen LogP contribution in [0.15, 0.2) is 18.2 Å². The number of rotatable bonds is 19. The first-order valence-corrected chi connectivity index (χ1v) is 14.9. The molecule has 0 saturated heterocycles. The van der Waals surface area contributed by atoms with Gasteiger partial charge in [-0.15, -0.1) is 0 Å². The second-order valence-electron chi connectivity index (χ2n) is 12.4. The van der Waals surface area contributed by atoms with E-state index in [9.17, 15) is 75.0 Å². The molecule has 1 N–H and O–H groups in total. The van der Waals surface area contributed by atoms with Crippen molar-refractivity contribution < 1.29 is 84.5 Å². The van der Waals surface area contributed by atoms with E-state index in [-0.39, 0.29) is 12.8 Å². The van der Waals surface area contributed by atoms with E-state index < -0.39 is 76.9 Å². The maximum absolute atomic E-state index is 14.2. The van der Waals surface area contributed by atoms with Gasteiger partial charge in [0.05, 0.1) is 0 Å². The zero-order valence-electron chi connectivity index (χ0n) is 27.1. The highest BCUT2D eigenvalue weighted by atomic mass is 35.5. The van der Waals surface area contributed by atoms with E-state index in [4.69, 9.17) is 9.47 Å². The Morgan fingerprint density at radius 2 is 1.06 bits per heavy atom. The van der Waals surface area contributed by atoms with E-state index in [0.717, 1.165) is 5.32 Å². The first-order valence-electron chi connectivity index (χ1n) is 14.5. The van der Waals surface area contributed by atoms with E-state index in [1.54, 1.807) is 32.0 Å². The normalized spacial score (nSPS) is 14.9. The summed E-state index contributed by atoms with van der Waals surface area (Å²) < 4.78 is 231. The molecule has 0 spiro atoms. The summed E-state index contributed by atoms with van der Waals surface area (Å²) >= 11 is 3.50. The minimum absolute atomic E-state index is 0.0502. The Morgan fingerprint density at radius 3 is 1.50 bits per heavy atom. The second kappa shape index (κ2) is 14.5. The van der Waals surface area contributed by atoms with Crippen LogP contribution in [0.3, 0.4) is 0 Å². The summed E-state index contributed by atoms with van der Waals surface area (Å²) in [6.07, 6.45) is 0.738. The van der Waals surface area contributed by atoms with Crippen LogP contribution in [0.2, 0.25) is 0 Å². The van der Waals surface area contributed by atoms with Crippen LogP contribution in [0.5, 0.6) is 11.5 Å². The summed E-state index contributed by atoms with van der Waals surface area (Å²) in [7, 11) is 0. The lowest BCUT2D eigenvalue weighted by molar-refractivity contribution is -0.446. The molecule has 0 aliphatic heterocycles. The fourth-order valence-corrected chi connectivity index (χ4v) is 3.84. The Bertz CT molecular complexity index is 1330. The van der Waals surface area contributed by atoms with Crippen molar-refractivity contribution in [1.29, 1.82) is 0 Å². The number of aryl methyl sites for hydroxylation is 1. The zero-order chi connectivity index (χ0) is 39.8. The lowest BCUT2D eigenvalue weighted by Gasteiger charge is -2.42. The predicted molar refractivity (Wildman–Crippen MR) is 148 cm³/mol. The van der Waals surface area contributed by atoms with Gasteiger partial charge in [-0.25, -0.2) is 0 Å². The molecule has 1 amide bonds. The van der Waals surface area contributed by atoms with E-state index in [1.807, 2.05) is 27.7 Å². The monoisotopic (exact) mass is 783 g/mol. The molecule has 292 valence electrons. The quantitative estimate of drug-likeness (QED) is 0.0864. The molecule has 0 atom stereocenters. The number of alkyl halides is 17. The lowest BCUT2D eigenvalue weighted by Crippen LogP contribution is -2.75. The number of hydrogen-bond donors (Lipinski definition) is 1. The van der Waals surface area contributed by atoms with Crippen LogP contribution >= 0.6 is 11.6 Å². The summed E-state index contributed by atoms with van der Waals surface area (Å²) in [5.41, 5.74) is -0.778. The summed E-state index contributed by atoms with van der Waals surface area (Å²) in [4.78, 5) is 11.8. The van der Waals surface area contributed by atoms with Gasteiger partial charge >= 0.3 is 46.8 Å². The third kappa shape index (κ3) is 8.40. The molecule has 4 nitrogen and oxygen atoms in total. The van der Waals surface area contributed by atoms with Crippen LogP contribution in [0.25, 0.3) is 0 Å². The fraction of sp³-hybridized carbons (Fsp3) is 0.759. The summed E-state index contributed by atoms with van der Waals surface area (Å²) in [6, 6.07) is 4.70. The molecular weight excluding hydrogens is 750 g/mol. The molecule has 0 fully saturated rings. The summed E-state index contributed by atoms with van der Waals surface area (Å²) in [6.45, 7) is 9.79. The van der Waals surface area contributed by atoms with Gasteiger partial charge in [0.2, 0.25) is 0 Å². The van der Waals surface area contributed by atoms with Gasteiger partial charge in [0.1, 0.15) is 22.7 Å². The first kappa shape index (κ1) is 45.5. The van der Waals surface area contributed by atoms with Gasteiger partial charge in [-0.05, 0) is 83.0 Å². The topological polar surface area (TPSA) is 47.6 Å². The molecule has 1 aromatic rings. The fourth-order valence-electron chi connectivity index (χ4n) is 3.72. The van der Waals surface area contributed by atoms with Crippen molar-refractivity contribution in [2.75, 3.05) is 6.54 Å². The van der Waals surface area contributed by atoms with Crippen molar-refractivity contribution in [2.24, 2.45) is 0 Å². The Kier molecular flexibility index (Phi) is 13.2. The predicted octanol–water partition coefficient (Wildman–Crippen LogP) is 10.5. The van der Waals surface area contributed by atoms with Crippen molar-refractivity contribution in [3.63, 3.8) is 0 Å². The highest BCUT2D eigenvalue weighted by Crippen LogP contribution is 2.64. The number of amides is 1. The Hall–Kier alpha value is -2.54. The van der Waals surface area contributed by atoms with Gasteiger partial charge in [-0.2, -0.15) is 70.2 Å². The number of nitrogens with one attached hydrogen (secondary N) is 1. The molecule has 21 heteroatoms. The molecule has 0 aliphatic carbocycles. The molecule has 0 unspecified atom stereocenters. The molecule has 0 radical (unpaired) electrons. The van der Waals surface area contributed by atoms with Crippen LogP contribution in [0.1, 0.15) is 72.8 Å². The van der Waals surface area contributed by atoms with Gasteiger partial charge in [0.15, 0.2) is 0 Å². The van der Waals surface area contributed by atoms with Crippen LogP contribution in [0.4, 0.5) is 70.2 Å². The highest BCUT2D eigenvalue weighted by Gasteiger charge is 2.95. The van der Waals surface area contributed by atoms with Crippen molar-refractivity contribution in [3.05, 3.63) is 23.8 Å². The molecule has 0 aromatic heterocycles. The molecule has 0 aliphatic rings. The Labute approximate surface area is 281 Å². The summed E-state index contributed by atoms with van der Waals surface area (Å²) in [5.74, 6) is -59.8. The smallest absolute Gasteiger partial charge is 0.393 e. The molecule has 0 heterocycles. The maximum Gasteiger partial charge on any atom is 0.393 e. The van der Waals surface area contributed by atoms with Crippen molar-refractivity contribution in [1.82, 2.24) is 5.32 Å². The van der Waals surface area contributed by atoms with Gasteiger partial charge in [0, 0.05) is 12.6 Å². The van der Waals surface area contributed by atoms with Crippen molar-refractivity contribution >= 4 is 17.5 Å². The number of halogens is 17. The second-order valence-corrected chi connectivity index (χ2v) is 12.9. The standard InChI is InChI=1S/C29H34ClF16NO3/c1-7-20(3,4)49-17-13-12-16(18(15-17)50-21(5,6)8-2)11-9-10-14-47-19(48)22(31,32)23(33,34)24(35,36)25(37,38)26(39,40)27(41,42)28(43,44)29(30,45)46/h12-13,15H,7-11,14H2,1-6H3,(H,47,48). The van der Waals surface area contributed by atoms with Crippen LogP contribution in [0, 0.1) is 0 Å². The number of unbranched alkanes of at least 4 members (excludes halogenated alkanes) is 1. The molecular formula is C29H34ClF16NO3. The van der Waals surface area contributed by atoms with Gasteiger partial charge in [-0.1, -0.05) is 19.9 Å². The Balaban J connectivity index is 3.17. The van der Waals surface area contributed by atoms with Gasteiger partial charge in [0.25, 0.3) is 5.91 Å². The van der Waals surface area contributed by atoms with E-state index in [1.165, 1.54) is 0 Å². The third-order valence-corrected chi connectivity index (χ3v) is 7.92. The lowest BCUT2D eigenvalue weighted by atomic mass is 9.89. The number of hydrogen-bond acceptors (Lipinski definition) is 3. The number of carbonyl (C=O) groups is 1. The number of benzene rings is 1. The van der Waals surface area contributed by atoms with Crippen LogP contribution < -0.4 is 14.8 Å². The van der Waals surface area contributed by atoms with E-state index in [0.29, 0.717) is 29.9 Å². The SMILES string of the molecule is CCC(C)(C)Oc1ccc(CCCCNC(=O)C(F)(F)C(F)(F)C(F)(F)C(F)(F)C(F)(F)C(F)(F)C(F)(F)C(F)(F)Cl)c(OC(C)(C)CC)c1. The molecule has 1 aromatic carbocycles. The largest absolute Gasteiger partial charge is 0.488 e. The summed E-state index contributed by atoms with van der Waals surface area (Å²) in [5, 5.41) is -5.89.